The molecule has 0 saturated carbocycles. The Labute approximate surface area is 107 Å². The number of ether oxygens (including phenoxy) is 1. The van der Waals surface area contributed by atoms with E-state index in [4.69, 9.17) is 10.5 Å². The second-order valence-corrected chi connectivity index (χ2v) is 4.38. The number of aliphatic hydroxyl groups excluding tert-OH is 1. The molecule has 0 spiro atoms. The van der Waals surface area contributed by atoms with E-state index in [-0.39, 0.29) is 12.6 Å². The van der Waals surface area contributed by atoms with Crippen LogP contribution in [0.4, 0.5) is 11.6 Å². The van der Waals surface area contributed by atoms with Crippen LogP contribution in [0.2, 0.25) is 0 Å². The second-order valence-electron chi connectivity index (χ2n) is 4.38. The predicted octanol–water partition coefficient (Wildman–Crippen LogP) is 0.556. The number of nitrogen functional groups attached to an aromatic ring is 1. The van der Waals surface area contributed by atoms with Crippen molar-refractivity contribution in [3.8, 4) is 0 Å². The quantitative estimate of drug-likeness (QED) is 0.796. The molecule has 3 N–H and O–H groups in total. The molecule has 18 heavy (non-hydrogen) atoms. The van der Waals surface area contributed by atoms with Gasteiger partial charge in [0.2, 0.25) is 0 Å². The zero-order valence-electron chi connectivity index (χ0n) is 10.7. The zero-order valence-corrected chi connectivity index (χ0v) is 10.7. The van der Waals surface area contributed by atoms with Gasteiger partial charge in [0.1, 0.15) is 18.2 Å². The maximum absolute atomic E-state index is 9.34. The van der Waals surface area contributed by atoms with Crippen LogP contribution >= 0.6 is 0 Å². The average molecular weight is 252 g/mol. The van der Waals surface area contributed by atoms with E-state index in [9.17, 15) is 5.11 Å². The third kappa shape index (κ3) is 2.88. The molecule has 1 atom stereocenters. The van der Waals surface area contributed by atoms with E-state index in [2.05, 4.69) is 14.9 Å². The molecule has 2 heterocycles. The largest absolute Gasteiger partial charge is 0.394 e. The van der Waals surface area contributed by atoms with Gasteiger partial charge in [-0.05, 0) is 19.8 Å². The molecule has 1 saturated heterocycles. The Bertz CT molecular complexity index is 400. The van der Waals surface area contributed by atoms with Crippen LogP contribution in [0.5, 0.6) is 0 Å². The van der Waals surface area contributed by atoms with Crippen molar-refractivity contribution in [1.29, 1.82) is 0 Å². The number of anilines is 2. The predicted molar refractivity (Wildman–Crippen MR) is 69.2 cm³/mol. The van der Waals surface area contributed by atoms with Gasteiger partial charge in [0, 0.05) is 19.2 Å². The van der Waals surface area contributed by atoms with Crippen molar-refractivity contribution in [2.75, 3.05) is 30.4 Å². The van der Waals surface area contributed by atoms with Crippen LogP contribution in [0.1, 0.15) is 25.6 Å². The Hall–Kier alpha value is -1.40. The van der Waals surface area contributed by atoms with Gasteiger partial charge >= 0.3 is 0 Å². The van der Waals surface area contributed by atoms with E-state index in [1.54, 1.807) is 6.07 Å². The first kappa shape index (κ1) is 13.0. The summed E-state index contributed by atoms with van der Waals surface area (Å²) in [7, 11) is 0. The fraction of sp³-hybridized carbons (Fsp3) is 0.667. The van der Waals surface area contributed by atoms with E-state index >= 15 is 0 Å². The summed E-state index contributed by atoms with van der Waals surface area (Å²) in [6, 6.07) is 1.89. The van der Waals surface area contributed by atoms with Crippen molar-refractivity contribution < 1.29 is 9.84 Å². The molecule has 1 aliphatic rings. The second kappa shape index (κ2) is 5.97. The lowest BCUT2D eigenvalue weighted by Gasteiger charge is -2.24. The van der Waals surface area contributed by atoms with Crippen LogP contribution in [-0.2, 0) is 11.3 Å². The maximum atomic E-state index is 9.34. The first-order valence-corrected chi connectivity index (χ1v) is 6.33. The molecular formula is C12H20N4O2. The van der Waals surface area contributed by atoms with Gasteiger partial charge < -0.3 is 20.5 Å². The minimum Gasteiger partial charge on any atom is -0.394 e. The van der Waals surface area contributed by atoms with Crippen molar-refractivity contribution in [1.82, 2.24) is 9.97 Å². The fourth-order valence-corrected chi connectivity index (χ4v) is 2.24. The molecule has 0 aliphatic carbocycles. The lowest BCUT2D eigenvalue weighted by Crippen LogP contribution is -2.33. The van der Waals surface area contributed by atoms with Gasteiger partial charge in [-0.2, -0.15) is 0 Å². The fourth-order valence-electron chi connectivity index (χ4n) is 2.24. The van der Waals surface area contributed by atoms with Crippen molar-refractivity contribution in [2.24, 2.45) is 0 Å². The van der Waals surface area contributed by atoms with Crippen LogP contribution < -0.4 is 10.6 Å². The molecule has 0 amide bonds. The molecule has 1 fully saturated rings. The number of aliphatic hydroxyl groups is 1. The van der Waals surface area contributed by atoms with Gasteiger partial charge in [0.15, 0.2) is 5.82 Å². The molecule has 1 aliphatic heterocycles. The summed E-state index contributed by atoms with van der Waals surface area (Å²) in [6.07, 6.45) is 2.05. The van der Waals surface area contributed by atoms with Gasteiger partial charge in [0.25, 0.3) is 0 Å². The van der Waals surface area contributed by atoms with Crippen LogP contribution in [0.15, 0.2) is 6.07 Å². The summed E-state index contributed by atoms with van der Waals surface area (Å²) in [4.78, 5) is 10.7. The lowest BCUT2D eigenvalue weighted by molar-refractivity contribution is 0.128. The minimum atomic E-state index is 0.138. The van der Waals surface area contributed by atoms with E-state index < -0.39 is 0 Å². The molecule has 100 valence electrons. The first-order valence-electron chi connectivity index (χ1n) is 6.33. The molecule has 0 radical (unpaired) electrons. The van der Waals surface area contributed by atoms with Gasteiger partial charge in [-0.15, -0.1) is 0 Å². The molecule has 1 unspecified atom stereocenters. The third-order valence-corrected chi connectivity index (χ3v) is 3.10. The molecule has 1 aromatic rings. The zero-order chi connectivity index (χ0) is 13.0. The SMILES string of the molecule is CCOCc1nc(N)cc(N2CCCC2CO)n1. The summed E-state index contributed by atoms with van der Waals surface area (Å²) in [6.45, 7) is 3.96. The van der Waals surface area contributed by atoms with E-state index in [0.29, 0.717) is 24.9 Å². The topological polar surface area (TPSA) is 84.5 Å². The highest BCUT2D eigenvalue weighted by Gasteiger charge is 2.25. The Morgan fingerprint density at radius 1 is 1.56 bits per heavy atom. The monoisotopic (exact) mass is 252 g/mol. The number of hydrogen-bond acceptors (Lipinski definition) is 6. The molecule has 0 bridgehead atoms. The summed E-state index contributed by atoms with van der Waals surface area (Å²) in [5, 5.41) is 9.34. The molecule has 2 rings (SSSR count). The molecule has 6 heteroatoms. The highest BCUT2D eigenvalue weighted by atomic mass is 16.5. The normalized spacial score (nSPS) is 19.4. The molecular weight excluding hydrogens is 232 g/mol. The number of aromatic nitrogens is 2. The van der Waals surface area contributed by atoms with E-state index in [0.717, 1.165) is 25.2 Å². The summed E-state index contributed by atoms with van der Waals surface area (Å²) >= 11 is 0. The highest BCUT2D eigenvalue weighted by Crippen LogP contribution is 2.24. The van der Waals surface area contributed by atoms with Gasteiger partial charge in [0.05, 0.1) is 12.6 Å². The van der Waals surface area contributed by atoms with Crippen molar-refractivity contribution >= 4 is 11.6 Å². The summed E-state index contributed by atoms with van der Waals surface area (Å²) < 4.78 is 5.30. The van der Waals surface area contributed by atoms with E-state index in [1.807, 2.05) is 6.92 Å². The van der Waals surface area contributed by atoms with Gasteiger partial charge in [-0.1, -0.05) is 0 Å². The highest BCUT2D eigenvalue weighted by molar-refractivity contribution is 5.48. The lowest BCUT2D eigenvalue weighted by atomic mass is 10.2. The van der Waals surface area contributed by atoms with Crippen LogP contribution in [0.3, 0.4) is 0 Å². The summed E-state index contributed by atoms with van der Waals surface area (Å²) in [5.41, 5.74) is 5.79. The first-order chi connectivity index (χ1) is 8.74. The average Bonchev–Trinajstić information content (AvgIpc) is 2.84. The number of nitrogens with two attached hydrogens (primary N) is 1. The van der Waals surface area contributed by atoms with Crippen molar-refractivity contribution in [3.63, 3.8) is 0 Å². The maximum Gasteiger partial charge on any atom is 0.158 e. The smallest absolute Gasteiger partial charge is 0.158 e. The van der Waals surface area contributed by atoms with Crippen LogP contribution in [-0.4, -0.2) is 40.9 Å². The Morgan fingerprint density at radius 2 is 2.39 bits per heavy atom. The summed E-state index contributed by atoms with van der Waals surface area (Å²) in [5.74, 6) is 1.82. The minimum absolute atomic E-state index is 0.138. The standard InChI is InChI=1S/C12H20N4O2/c1-2-18-8-11-14-10(13)6-12(15-11)16-5-3-4-9(16)7-17/h6,9,17H,2-5,7-8H2,1H3,(H2,13,14,15). The van der Waals surface area contributed by atoms with Gasteiger partial charge in [-0.25, -0.2) is 9.97 Å². The van der Waals surface area contributed by atoms with Crippen LogP contribution in [0.25, 0.3) is 0 Å². The van der Waals surface area contributed by atoms with Crippen molar-refractivity contribution in [2.45, 2.75) is 32.4 Å². The Morgan fingerprint density at radius 3 is 3.11 bits per heavy atom. The molecule has 6 nitrogen and oxygen atoms in total. The van der Waals surface area contributed by atoms with Gasteiger partial charge in [-0.3, -0.25) is 0 Å². The molecule has 0 aromatic carbocycles. The van der Waals surface area contributed by atoms with Crippen molar-refractivity contribution in [3.05, 3.63) is 11.9 Å². The number of hydrogen-bond donors (Lipinski definition) is 2. The Kier molecular flexibility index (Phi) is 4.33. The molecule has 1 aromatic heterocycles. The Balaban J connectivity index is 2.18. The third-order valence-electron chi connectivity index (χ3n) is 3.10. The number of rotatable bonds is 5. The number of nitrogens with zero attached hydrogens (tertiary/aromatic N) is 3. The van der Waals surface area contributed by atoms with Crippen LogP contribution in [0, 0.1) is 0 Å². The van der Waals surface area contributed by atoms with E-state index in [1.165, 1.54) is 0 Å².